The van der Waals surface area contributed by atoms with Gasteiger partial charge in [-0.05, 0) is 81.8 Å². The van der Waals surface area contributed by atoms with Crippen molar-refractivity contribution < 1.29 is 9.18 Å². The predicted octanol–water partition coefficient (Wildman–Crippen LogP) is 3.07. The average molecular weight is 357 g/mol. The first kappa shape index (κ1) is 16.7. The van der Waals surface area contributed by atoms with Gasteiger partial charge < -0.3 is 10.6 Å². The summed E-state index contributed by atoms with van der Waals surface area (Å²) in [4.78, 5) is 15.2. The number of anilines is 1. The Kier molecular flexibility index (Phi) is 3.87. The number of likely N-dealkylation sites (tertiary alicyclic amines) is 1. The van der Waals surface area contributed by atoms with Crippen molar-refractivity contribution in [1.29, 1.82) is 0 Å². The Morgan fingerprint density at radius 2 is 1.92 bits per heavy atom. The maximum absolute atomic E-state index is 14.0. The lowest BCUT2D eigenvalue weighted by Gasteiger charge is -2.53. The number of hydrogen-bond donors (Lipinski definition) is 2. The lowest BCUT2D eigenvalue weighted by molar-refractivity contribution is -0.121. The maximum atomic E-state index is 14.0. The number of benzene rings is 1. The fourth-order valence-corrected chi connectivity index (χ4v) is 5.68. The van der Waals surface area contributed by atoms with Crippen LogP contribution in [0.1, 0.15) is 56.1 Å². The van der Waals surface area contributed by atoms with Crippen LogP contribution in [0.25, 0.3) is 0 Å². The number of carbonyl (C=O) groups excluding carboxylic acids is 1. The van der Waals surface area contributed by atoms with Crippen LogP contribution in [-0.2, 0) is 15.7 Å². The van der Waals surface area contributed by atoms with Gasteiger partial charge in [-0.1, -0.05) is 12.1 Å². The molecule has 5 rings (SSSR count). The van der Waals surface area contributed by atoms with Crippen molar-refractivity contribution in [3.05, 3.63) is 29.3 Å². The Morgan fingerprint density at radius 3 is 2.62 bits per heavy atom. The Bertz CT molecular complexity index is 724. The first-order chi connectivity index (χ1) is 12.6. The molecule has 26 heavy (non-hydrogen) atoms. The van der Waals surface area contributed by atoms with Gasteiger partial charge in [0.15, 0.2) is 0 Å². The number of piperidine rings is 2. The van der Waals surface area contributed by atoms with Crippen LogP contribution < -0.4 is 10.6 Å². The summed E-state index contributed by atoms with van der Waals surface area (Å²) in [5.74, 6) is 0.163. The number of carbonyl (C=O) groups is 1. The summed E-state index contributed by atoms with van der Waals surface area (Å²) >= 11 is 0. The lowest BCUT2D eigenvalue weighted by Crippen LogP contribution is -2.55. The summed E-state index contributed by atoms with van der Waals surface area (Å²) in [6.07, 6.45) is 6.07. The zero-order chi connectivity index (χ0) is 17.8. The van der Waals surface area contributed by atoms with Crippen molar-refractivity contribution >= 4 is 11.6 Å². The molecule has 0 aromatic heterocycles. The van der Waals surface area contributed by atoms with Crippen LogP contribution in [0.4, 0.5) is 10.1 Å². The van der Waals surface area contributed by atoms with Gasteiger partial charge in [0, 0.05) is 17.8 Å². The van der Waals surface area contributed by atoms with Gasteiger partial charge in [-0.2, -0.15) is 0 Å². The molecule has 0 bridgehead atoms. The third kappa shape index (κ3) is 2.29. The van der Waals surface area contributed by atoms with Crippen LogP contribution in [0.3, 0.4) is 0 Å². The van der Waals surface area contributed by atoms with Crippen LogP contribution in [0, 0.1) is 0 Å². The van der Waals surface area contributed by atoms with E-state index >= 15 is 0 Å². The Hall–Kier alpha value is -1.46. The van der Waals surface area contributed by atoms with Gasteiger partial charge in [0.25, 0.3) is 0 Å². The third-order valence-corrected chi connectivity index (χ3v) is 7.36. The van der Waals surface area contributed by atoms with E-state index in [-0.39, 0.29) is 16.9 Å². The molecule has 3 heterocycles. The van der Waals surface area contributed by atoms with Crippen LogP contribution in [0.2, 0.25) is 0 Å². The molecule has 0 unspecified atom stereocenters. The maximum Gasteiger partial charge on any atom is 0.235 e. The zero-order valence-corrected chi connectivity index (χ0v) is 15.3. The van der Waals surface area contributed by atoms with E-state index in [2.05, 4.69) is 33.7 Å². The quantitative estimate of drug-likeness (QED) is 0.855. The molecule has 140 valence electrons. The van der Waals surface area contributed by atoms with Gasteiger partial charge in [0.2, 0.25) is 5.91 Å². The number of halogens is 1. The second kappa shape index (κ2) is 6.03. The number of rotatable bonds is 2. The first-order valence-electron chi connectivity index (χ1n) is 10.2. The number of fused-ring (bicyclic) bond motifs is 2. The minimum atomic E-state index is -0.701. The van der Waals surface area contributed by atoms with Gasteiger partial charge in [-0.3, -0.25) is 9.69 Å². The van der Waals surface area contributed by atoms with Crippen molar-refractivity contribution in [2.45, 2.75) is 62.1 Å². The van der Waals surface area contributed by atoms with Crippen molar-refractivity contribution in [3.63, 3.8) is 0 Å². The van der Waals surface area contributed by atoms with Gasteiger partial charge >= 0.3 is 0 Å². The lowest BCUT2D eigenvalue weighted by atomic mass is 9.68. The molecule has 2 N–H and O–H groups in total. The number of nitrogens with one attached hydrogen (secondary N) is 2. The van der Waals surface area contributed by atoms with E-state index in [1.54, 1.807) is 0 Å². The highest BCUT2D eigenvalue weighted by atomic mass is 19.1. The summed E-state index contributed by atoms with van der Waals surface area (Å²) in [6, 6.07) is 6.61. The molecule has 2 saturated heterocycles. The topological polar surface area (TPSA) is 44.4 Å². The average Bonchev–Trinajstić information content (AvgIpc) is 2.86. The fraction of sp³-hybridized carbons (Fsp3) is 0.667. The van der Waals surface area contributed by atoms with Crippen molar-refractivity contribution in [2.75, 3.05) is 31.5 Å². The molecule has 4 aliphatic rings. The predicted molar refractivity (Wildman–Crippen MR) is 100 cm³/mol. The summed E-state index contributed by atoms with van der Waals surface area (Å²) in [5, 5.41) is 6.54. The highest BCUT2D eigenvalue weighted by molar-refractivity contribution is 6.06. The molecule has 5 heteroatoms. The summed E-state index contributed by atoms with van der Waals surface area (Å²) in [6.45, 7) is 3.33. The largest absolute Gasteiger partial charge is 0.325 e. The Labute approximate surface area is 154 Å². The van der Waals surface area contributed by atoms with E-state index in [9.17, 15) is 9.18 Å². The second-order valence-electron chi connectivity index (χ2n) is 8.62. The highest BCUT2D eigenvalue weighted by Gasteiger charge is 2.49. The van der Waals surface area contributed by atoms with Crippen LogP contribution in [-0.4, -0.2) is 43.2 Å². The van der Waals surface area contributed by atoms with E-state index in [0.717, 1.165) is 57.4 Å². The summed E-state index contributed by atoms with van der Waals surface area (Å²) in [7, 11) is 0. The number of alkyl halides is 1. The number of nitrogens with zero attached hydrogens (tertiary/aromatic N) is 1. The molecule has 3 fully saturated rings. The summed E-state index contributed by atoms with van der Waals surface area (Å²) < 4.78 is 14.0. The molecular weight excluding hydrogens is 329 g/mol. The summed E-state index contributed by atoms with van der Waals surface area (Å²) in [5.41, 5.74) is 3.07. The molecule has 4 nitrogen and oxygen atoms in total. The molecule has 1 spiro atoms. The van der Waals surface area contributed by atoms with Gasteiger partial charge in [-0.25, -0.2) is 4.39 Å². The molecule has 1 aromatic carbocycles. The minimum Gasteiger partial charge on any atom is -0.325 e. The van der Waals surface area contributed by atoms with E-state index < -0.39 is 6.17 Å². The second-order valence-corrected chi connectivity index (χ2v) is 8.62. The van der Waals surface area contributed by atoms with Crippen molar-refractivity contribution in [2.24, 2.45) is 0 Å². The monoisotopic (exact) mass is 357 g/mol. The molecule has 0 radical (unpaired) electrons. The Balaban J connectivity index is 1.50. The third-order valence-electron chi connectivity index (χ3n) is 7.36. The fourth-order valence-electron chi connectivity index (χ4n) is 5.68. The molecule has 1 saturated carbocycles. The molecule has 1 amide bonds. The number of hydrogen-bond acceptors (Lipinski definition) is 3. The molecule has 1 aromatic rings. The van der Waals surface area contributed by atoms with Crippen molar-refractivity contribution in [3.8, 4) is 0 Å². The standard InChI is InChI=1S/C21H28FN3O/c22-16-3-1-12-25(14-16)21(6-2-7-21)15-4-5-17-18(13-15)24-19(26)20(17)8-10-23-11-9-20/h4-5,13,16,23H,1-3,6-12,14H2,(H,24,26)/t16-/m0/s1. The Morgan fingerprint density at radius 1 is 1.12 bits per heavy atom. The molecule has 3 aliphatic heterocycles. The molecular formula is C21H28FN3O. The van der Waals surface area contributed by atoms with E-state index in [4.69, 9.17) is 0 Å². The van der Waals surface area contributed by atoms with Gasteiger partial charge in [-0.15, -0.1) is 0 Å². The normalized spacial score (nSPS) is 29.9. The van der Waals surface area contributed by atoms with Gasteiger partial charge in [0.05, 0.1) is 5.41 Å². The van der Waals surface area contributed by atoms with Crippen molar-refractivity contribution in [1.82, 2.24) is 10.2 Å². The molecule has 1 atom stereocenters. The smallest absolute Gasteiger partial charge is 0.235 e. The van der Waals surface area contributed by atoms with Crippen LogP contribution >= 0.6 is 0 Å². The zero-order valence-electron chi connectivity index (χ0n) is 15.3. The molecule has 1 aliphatic carbocycles. The van der Waals surface area contributed by atoms with E-state index in [1.807, 2.05) is 0 Å². The number of amides is 1. The van der Waals surface area contributed by atoms with Gasteiger partial charge in [0.1, 0.15) is 6.17 Å². The highest BCUT2D eigenvalue weighted by Crippen LogP contribution is 2.51. The van der Waals surface area contributed by atoms with Crippen LogP contribution in [0.15, 0.2) is 18.2 Å². The SMILES string of the molecule is O=C1Nc2cc(C3(N4CCC[C@H](F)C4)CCC3)ccc2C12CCNCC2. The van der Waals surface area contributed by atoms with E-state index in [1.165, 1.54) is 17.5 Å². The first-order valence-corrected chi connectivity index (χ1v) is 10.2. The minimum absolute atomic E-state index is 0.0195. The van der Waals surface area contributed by atoms with E-state index in [0.29, 0.717) is 13.0 Å². The van der Waals surface area contributed by atoms with Crippen LogP contribution in [0.5, 0.6) is 0 Å².